The molecule has 12 heteroatoms. The molecule has 0 bridgehead atoms. The minimum Gasteiger partial charge on any atom is -0.486 e. The highest BCUT2D eigenvalue weighted by Gasteiger charge is 2.73. The predicted molar refractivity (Wildman–Crippen MR) is 117 cm³/mol. The number of alkyl halides is 3. The number of carbonyl (C=O) groups is 1. The molecule has 0 radical (unpaired) electrons. The Morgan fingerprint density at radius 3 is 2.67 bits per heavy atom. The fraction of sp³-hybridized carbons (Fsp3) is 0.375. The van der Waals surface area contributed by atoms with Crippen molar-refractivity contribution in [1.29, 1.82) is 0 Å². The third-order valence-electron chi connectivity index (χ3n) is 7.34. The standard InChI is InChI=1S/C24H20F4N4O4/c1-13-9-31(12-29-13)16-3-4-17-20(33)30(5-6-32(17)21(16)34)11-23-10-22(23,2)35-18-8-15(25)19(7-14(18)23)36-24(26,27)28/h3-4,7-9,12H,5-6,10-11H2,1-2H3/t22-,23+/m0/s1. The van der Waals surface area contributed by atoms with Gasteiger partial charge in [-0.1, -0.05) is 0 Å². The van der Waals surface area contributed by atoms with E-state index in [0.717, 1.165) is 17.8 Å². The average Bonchev–Trinajstić information content (AvgIpc) is 3.04. The Bertz CT molecular complexity index is 1500. The maximum atomic E-state index is 14.2. The predicted octanol–water partition coefficient (Wildman–Crippen LogP) is 3.33. The number of ether oxygens (including phenoxy) is 2. The van der Waals surface area contributed by atoms with Crippen molar-refractivity contribution in [2.75, 3.05) is 13.1 Å². The van der Waals surface area contributed by atoms with Crippen LogP contribution >= 0.6 is 0 Å². The molecule has 0 unspecified atom stereocenters. The number of aromatic nitrogens is 3. The molecule has 6 rings (SSSR count). The van der Waals surface area contributed by atoms with Gasteiger partial charge < -0.3 is 23.5 Å². The minimum absolute atomic E-state index is 0.136. The van der Waals surface area contributed by atoms with Gasteiger partial charge >= 0.3 is 6.36 Å². The Morgan fingerprint density at radius 2 is 1.97 bits per heavy atom. The Morgan fingerprint density at radius 1 is 1.19 bits per heavy atom. The molecule has 3 aliphatic rings. The summed E-state index contributed by atoms with van der Waals surface area (Å²) in [6, 6.07) is 5.05. The summed E-state index contributed by atoms with van der Waals surface area (Å²) in [6.07, 6.45) is -1.37. The molecule has 0 spiro atoms. The van der Waals surface area contributed by atoms with Gasteiger partial charge in [0.25, 0.3) is 11.5 Å². The second kappa shape index (κ2) is 7.11. The summed E-state index contributed by atoms with van der Waals surface area (Å²) >= 11 is 0. The highest BCUT2D eigenvalue weighted by molar-refractivity contribution is 5.93. The quantitative estimate of drug-likeness (QED) is 0.510. The van der Waals surface area contributed by atoms with Crippen LogP contribution in [-0.4, -0.2) is 50.0 Å². The van der Waals surface area contributed by atoms with Gasteiger partial charge in [-0.2, -0.15) is 0 Å². The Balaban J connectivity index is 1.31. The average molecular weight is 504 g/mol. The summed E-state index contributed by atoms with van der Waals surface area (Å²) in [5.41, 5.74) is -0.241. The molecule has 0 saturated heterocycles. The van der Waals surface area contributed by atoms with Gasteiger partial charge in [0.2, 0.25) is 0 Å². The van der Waals surface area contributed by atoms with Gasteiger partial charge in [-0.3, -0.25) is 9.59 Å². The lowest BCUT2D eigenvalue weighted by molar-refractivity contribution is -0.275. The van der Waals surface area contributed by atoms with Gasteiger partial charge in [-0.25, -0.2) is 9.37 Å². The van der Waals surface area contributed by atoms with Crippen molar-refractivity contribution >= 4 is 5.91 Å². The van der Waals surface area contributed by atoms with E-state index >= 15 is 0 Å². The number of pyridine rings is 1. The van der Waals surface area contributed by atoms with Crippen LogP contribution in [0.2, 0.25) is 0 Å². The van der Waals surface area contributed by atoms with Crippen LogP contribution in [0.5, 0.6) is 11.5 Å². The maximum absolute atomic E-state index is 14.2. The largest absolute Gasteiger partial charge is 0.573 e. The first kappa shape index (κ1) is 22.6. The highest BCUT2D eigenvalue weighted by atomic mass is 19.4. The van der Waals surface area contributed by atoms with Crippen molar-refractivity contribution in [3.63, 3.8) is 0 Å². The zero-order valence-corrected chi connectivity index (χ0v) is 19.2. The molecule has 8 nitrogen and oxygen atoms in total. The van der Waals surface area contributed by atoms with E-state index in [9.17, 15) is 27.2 Å². The zero-order chi connectivity index (χ0) is 25.6. The smallest absolute Gasteiger partial charge is 0.486 e. The van der Waals surface area contributed by atoms with E-state index in [-0.39, 0.29) is 42.5 Å². The summed E-state index contributed by atoms with van der Waals surface area (Å²) in [7, 11) is 0. The van der Waals surface area contributed by atoms with E-state index < -0.39 is 28.9 Å². The monoisotopic (exact) mass is 504 g/mol. The molecular formula is C24H20F4N4O4. The number of aryl methyl sites for hydroxylation is 1. The van der Waals surface area contributed by atoms with Gasteiger partial charge in [0.05, 0.1) is 17.4 Å². The highest BCUT2D eigenvalue weighted by Crippen LogP contribution is 2.67. The molecule has 1 saturated carbocycles. The van der Waals surface area contributed by atoms with Gasteiger partial charge in [-0.15, -0.1) is 13.2 Å². The van der Waals surface area contributed by atoms with Crippen LogP contribution in [0.15, 0.2) is 41.6 Å². The van der Waals surface area contributed by atoms with Gasteiger partial charge in [0, 0.05) is 43.9 Å². The second-order valence-corrected chi connectivity index (χ2v) is 9.63. The lowest BCUT2D eigenvalue weighted by atomic mass is 9.92. The molecule has 1 aliphatic carbocycles. The molecule has 36 heavy (non-hydrogen) atoms. The van der Waals surface area contributed by atoms with Crippen molar-refractivity contribution in [1.82, 2.24) is 19.0 Å². The molecule has 188 valence electrons. The summed E-state index contributed by atoms with van der Waals surface area (Å²) in [5.74, 6) is -2.36. The Hall–Kier alpha value is -3.83. The number of carbonyl (C=O) groups excluding carboxylic acids is 1. The van der Waals surface area contributed by atoms with Crippen LogP contribution in [0.1, 0.15) is 35.1 Å². The van der Waals surface area contributed by atoms with E-state index in [0.29, 0.717) is 17.7 Å². The molecular weight excluding hydrogens is 484 g/mol. The van der Waals surface area contributed by atoms with Crippen molar-refractivity contribution in [3.05, 3.63) is 69.9 Å². The lowest BCUT2D eigenvalue weighted by Gasteiger charge is -2.32. The maximum Gasteiger partial charge on any atom is 0.573 e. The van der Waals surface area contributed by atoms with E-state index in [1.54, 1.807) is 41.6 Å². The van der Waals surface area contributed by atoms with Crippen LogP contribution in [0.4, 0.5) is 17.6 Å². The van der Waals surface area contributed by atoms with Crippen LogP contribution in [0.3, 0.4) is 0 Å². The second-order valence-electron chi connectivity index (χ2n) is 9.63. The summed E-state index contributed by atoms with van der Waals surface area (Å²) in [6.45, 7) is 4.19. The number of hydrogen-bond acceptors (Lipinski definition) is 5. The fourth-order valence-corrected chi connectivity index (χ4v) is 5.48. The number of amides is 1. The summed E-state index contributed by atoms with van der Waals surface area (Å²) in [4.78, 5) is 32.1. The number of nitrogens with zero attached hydrogens (tertiary/aromatic N) is 4. The van der Waals surface area contributed by atoms with Crippen molar-refractivity contribution < 1.29 is 31.8 Å². The molecule has 0 N–H and O–H groups in total. The third kappa shape index (κ3) is 3.23. The fourth-order valence-electron chi connectivity index (χ4n) is 5.48. The Kier molecular flexibility index (Phi) is 4.47. The van der Waals surface area contributed by atoms with E-state index in [4.69, 9.17) is 4.74 Å². The number of hydrogen-bond donors (Lipinski definition) is 0. The van der Waals surface area contributed by atoms with Crippen molar-refractivity contribution in [2.24, 2.45) is 0 Å². The van der Waals surface area contributed by atoms with Crippen molar-refractivity contribution in [2.45, 2.75) is 44.2 Å². The number of imidazole rings is 1. The number of halogens is 4. The van der Waals surface area contributed by atoms with Crippen LogP contribution in [0.25, 0.3) is 5.69 Å². The van der Waals surface area contributed by atoms with Gasteiger partial charge in [0.1, 0.15) is 22.7 Å². The van der Waals surface area contributed by atoms with E-state index in [2.05, 4.69) is 9.72 Å². The lowest BCUT2D eigenvalue weighted by Crippen LogP contribution is -2.48. The third-order valence-corrected chi connectivity index (χ3v) is 7.34. The van der Waals surface area contributed by atoms with Gasteiger partial charge in [0.15, 0.2) is 11.6 Å². The molecule has 1 amide bonds. The molecule has 1 aromatic carbocycles. The molecule has 2 atom stereocenters. The number of fused-ring (bicyclic) bond motifs is 4. The topological polar surface area (TPSA) is 78.6 Å². The first-order chi connectivity index (χ1) is 16.9. The number of benzene rings is 1. The molecule has 4 heterocycles. The zero-order valence-electron chi connectivity index (χ0n) is 19.2. The van der Waals surface area contributed by atoms with Crippen molar-refractivity contribution in [3.8, 4) is 17.2 Å². The molecule has 3 aromatic rings. The molecule has 1 fully saturated rings. The van der Waals surface area contributed by atoms with E-state index in [1.165, 1.54) is 10.9 Å². The van der Waals surface area contributed by atoms with Crippen LogP contribution in [-0.2, 0) is 12.0 Å². The number of rotatable bonds is 4. The summed E-state index contributed by atoms with van der Waals surface area (Å²) in [5, 5.41) is 0. The SMILES string of the molecule is Cc1cn(-c2ccc3n(c2=O)CCN(C[C@@]24C[C@]2(C)Oc2cc(F)c(OC(F)(F)F)cc24)C3=O)cn1. The van der Waals surface area contributed by atoms with Crippen LogP contribution < -0.4 is 15.0 Å². The summed E-state index contributed by atoms with van der Waals surface area (Å²) < 4.78 is 65.4. The first-order valence-corrected chi connectivity index (χ1v) is 11.2. The van der Waals surface area contributed by atoms with Crippen LogP contribution in [0, 0.1) is 12.7 Å². The molecule has 2 aromatic heterocycles. The molecule has 2 aliphatic heterocycles. The van der Waals surface area contributed by atoms with Gasteiger partial charge in [-0.05, 0) is 32.0 Å². The Labute approximate surface area is 201 Å². The first-order valence-electron chi connectivity index (χ1n) is 11.2. The van der Waals surface area contributed by atoms with E-state index in [1.807, 2.05) is 0 Å². The normalized spacial score (nSPS) is 24.2. The minimum atomic E-state index is -5.05.